The van der Waals surface area contributed by atoms with Crippen LogP contribution in [0.15, 0.2) is 29.2 Å². The highest BCUT2D eigenvalue weighted by Crippen LogP contribution is 2.23. The summed E-state index contributed by atoms with van der Waals surface area (Å²) in [4.78, 5) is 22.3. The zero-order valence-electron chi connectivity index (χ0n) is 12.1. The molecule has 0 saturated carbocycles. The predicted octanol–water partition coefficient (Wildman–Crippen LogP) is 0.487. The molecule has 1 saturated heterocycles. The van der Waals surface area contributed by atoms with Gasteiger partial charge in [-0.2, -0.15) is 10.1 Å². The van der Waals surface area contributed by atoms with E-state index in [1.165, 1.54) is 4.68 Å². The maximum atomic E-state index is 11.7. The van der Waals surface area contributed by atoms with E-state index < -0.39 is 0 Å². The van der Waals surface area contributed by atoms with Gasteiger partial charge in [-0.15, -0.1) is 0 Å². The largest absolute Gasteiger partial charge is 0.481 e. The summed E-state index contributed by atoms with van der Waals surface area (Å²) in [5, 5.41) is 4.25. The van der Waals surface area contributed by atoms with Crippen molar-refractivity contribution < 1.29 is 4.74 Å². The van der Waals surface area contributed by atoms with Crippen molar-refractivity contribution in [3.05, 3.63) is 40.4 Å². The lowest BCUT2D eigenvalue weighted by molar-refractivity contribution is 0.327. The highest BCUT2D eigenvalue weighted by atomic mass is 16.5. The Labute approximate surface area is 122 Å². The van der Waals surface area contributed by atoms with E-state index in [0.717, 1.165) is 18.8 Å². The number of aryl methyl sites for hydroxylation is 1. The van der Waals surface area contributed by atoms with Crippen LogP contribution in [0.2, 0.25) is 0 Å². The summed E-state index contributed by atoms with van der Waals surface area (Å²) in [6.07, 6.45) is 1.68. The van der Waals surface area contributed by atoms with Crippen molar-refractivity contribution in [2.75, 3.05) is 25.1 Å². The van der Waals surface area contributed by atoms with E-state index in [0.29, 0.717) is 24.3 Å². The lowest BCUT2D eigenvalue weighted by Gasteiger charge is -2.39. The van der Waals surface area contributed by atoms with Crippen LogP contribution in [0.1, 0.15) is 5.69 Å². The first-order chi connectivity index (χ1) is 10.2. The van der Waals surface area contributed by atoms with Crippen LogP contribution in [0.5, 0.6) is 5.88 Å². The Hall–Kier alpha value is -2.44. The number of methoxy groups -OCH3 is 1. The zero-order valence-corrected chi connectivity index (χ0v) is 12.1. The summed E-state index contributed by atoms with van der Waals surface area (Å²) >= 11 is 0. The van der Waals surface area contributed by atoms with Crippen molar-refractivity contribution in [1.29, 1.82) is 0 Å². The molecule has 1 fully saturated rings. The topological polar surface area (TPSA) is 73.1 Å². The van der Waals surface area contributed by atoms with Crippen LogP contribution in [0.4, 0.5) is 5.95 Å². The minimum absolute atomic E-state index is 0.0586. The van der Waals surface area contributed by atoms with Gasteiger partial charge in [0.25, 0.3) is 5.56 Å². The normalized spacial score (nSPS) is 14.9. The third kappa shape index (κ3) is 2.86. The number of aromatic nitrogens is 4. The molecule has 0 spiro atoms. The lowest BCUT2D eigenvalue weighted by atomic mass is 10.0. The first-order valence-electron chi connectivity index (χ1n) is 6.82. The van der Waals surface area contributed by atoms with Crippen molar-refractivity contribution in [1.82, 2.24) is 19.7 Å². The summed E-state index contributed by atoms with van der Waals surface area (Å²) in [6.45, 7) is 4.14. The van der Waals surface area contributed by atoms with Gasteiger partial charge < -0.3 is 9.64 Å². The smallest absolute Gasteiger partial charge is 0.266 e. The summed E-state index contributed by atoms with van der Waals surface area (Å²) in [5.41, 5.74) is 0.790. The van der Waals surface area contributed by atoms with Gasteiger partial charge in [-0.3, -0.25) is 4.79 Å². The molecule has 3 rings (SSSR count). The SMILES string of the molecule is COc1ccnc(N2CC(Cn3nc(C)ccc3=O)C2)n1. The summed E-state index contributed by atoms with van der Waals surface area (Å²) in [6, 6.07) is 5.01. The molecule has 110 valence electrons. The maximum absolute atomic E-state index is 11.7. The summed E-state index contributed by atoms with van der Waals surface area (Å²) < 4.78 is 6.62. The van der Waals surface area contributed by atoms with Gasteiger partial charge in [0.2, 0.25) is 11.8 Å². The summed E-state index contributed by atoms with van der Waals surface area (Å²) in [5.74, 6) is 1.60. The van der Waals surface area contributed by atoms with Gasteiger partial charge in [-0.25, -0.2) is 9.67 Å². The van der Waals surface area contributed by atoms with E-state index >= 15 is 0 Å². The molecule has 0 amide bonds. The molecule has 0 bridgehead atoms. The second-order valence-electron chi connectivity index (χ2n) is 5.17. The molecule has 21 heavy (non-hydrogen) atoms. The summed E-state index contributed by atoms with van der Waals surface area (Å²) in [7, 11) is 1.58. The average Bonchev–Trinajstić information content (AvgIpc) is 2.46. The fourth-order valence-electron chi connectivity index (χ4n) is 2.37. The number of hydrogen-bond donors (Lipinski definition) is 0. The van der Waals surface area contributed by atoms with E-state index in [2.05, 4.69) is 20.0 Å². The zero-order chi connectivity index (χ0) is 14.8. The van der Waals surface area contributed by atoms with E-state index in [-0.39, 0.29) is 5.56 Å². The molecule has 0 radical (unpaired) electrons. The molecule has 0 aliphatic carbocycles. The molecule has 2 aromatic heterocycles. The first kappa shape index (κ1) is 13.5. The molecule has 3 heterocycles. The lowest BCUT2D eigenvalue weighted by Crippen LogP contribution is -2.50. The molecule has 0 N–H and O–H groups in total. The molecule has 0 atom stereocenters. The molecular weight excluding hydrogens is 270 g/mol. The highest BCUT2D eigenvalue weighted by Gasteiger charge is 2.29. The number of anilines is 1. The van der Waals surface area contributed by atoms with Crippen LogP contribution >= 0.6 is 0 Å². The number of hydrogen-bond acceptors (Lipinski definition) is 6. The van der Waals surface area contributed by atoms with Crippen LogP contribution in [-0.2, 0) is 6.54 Å². The third-order valence-electron chi connectivity index (χ3n) is 3.50. The Kier molecular flexibility index (Phi) is 3.55. The van der Waals surface area contributed by atoms with E-state index in [1.807, 2.05) is 6.92 Å². The maximum Gasteiger partial charge on any atom is 0.266 e. The van der Waals surface area contributed by atoms with Gasteiger partial charge >= 0.3 is 0 Å². The average molecular weight is 287 g/mol. The van der Waals surface area contributed by atoms with Crippen molar-refractivity contribution >= 4 is 5.95 Å². The van der Waals surface area contributed by atoms with Crippen LogP contribution in [-0.4, -0.2) is 39.9 Å². The first-order valence-corrected chi connectivity index (χ1v) is 6.82. The molecule has 1 aliphatic rings. The Morgan fingerprint density at radius 2 is 2.14 bits per heavy atom. The third-order valence-corrected chi connectivity index (χ3v) is 3.50. The standard InChI is InChI=1S/C14H17N5O2/c1-10-3-4-13(20)19(17-10)9-11-7-18(8-11)14-15-6-5-12(16-14)21-2/h3-6,11H,7-9H2,1-2H3. The Morgan fingerprint density at radius 1 is 1.33 bits per heavy atom. The quantitative estimate of drug-likeness (QED) is 0.814. The molecule has 0 unspecified atom stereocenters. The van der Waals surface area contributed by atoms with Crippen molar-refractivity contribution in [3.63, 3.8) is 0 Å². The van der Waals surface area contributed by atoms with Crippen LogP contribution in [0.3, 0.4) is 0 Å². The molecule has 7 nitrogen and oxygen atoms in total. The van der Waals surface area contributed by atoms with E-state index in [1.54, 1.807) is 31.5 Å². The highest BCUT2D eigenvalue weighted by molar-refractivity contribution is 5.35. The van der Waals surface area contributed by atoms with Crippen molar-refractivity contribution in [2.24, 2.45) is 5.92 Å². The van der Waals surface area contributed by atoms with Gasteiger partial charge in [0, 0.05) is 37.3 Å². The van der Waals surface area contributed by atoms with Gasteiger partial charge in [0.05, 0.1) is 19.3 Å². The molecular formula is C14H17N5O2. The molecule has 1 aliphatic heterocycles. The number of nitrogens with zero attached hydrogens (tertiary/aromatic N) is 5. The number of rotatable bonds is 4. The molecule has 7 heteroatoms. The fourth-order valence-corrected chi connectivity index (χ4v) is 2.37. The monoisotopic (exact) mass is 287 g/mol. The Bertz CT molecular complexity index is 694. The van der Waals surface area contributed by atoms with Crippen LogP contribution in [0, 0.1) is 12.8 Å². The van der Waals surface area contributed by atoms with Crippen LogP contribution in [0.25, 0.3) is 0 Å². The van der Waals surface area contributed by atoms with Gasteiger partial charge in [0.1, 0.15) is 0 Å². The predicted molar refractivity (Wildman–Crippen MR) is 77.5 cm³/mol. The van der Waals surface area contributed by atoms with Gasteiger partial charge in [-0.05, 0) is 13.0 Å². The number of ether oxygens (including phenoxy) is 1. The molecule has 0 aromatic carbocycles. The second kappa shape index (κ2) is 5.51. The fraction of sp³-hybridized carbons (Fsp3) is 0.429. The molecule has 2 aromatic rings. The second-order valence-corrected chi connectivity index (χ2v) is 5.17. The van der Waals surface area contributed by atoms with E-state index in [4.69, 9.17) is 4.74 Å². The van der Waals surface area contributed by atoms with Gasteiger partial charge in [-0.1, -0.05) is 0 Å². The minimum Gasteiger partial charge on any atom is -0.481 e. The van der Waals surface area contributed by atoms with Crippen molar-refractivity contribution in [3.8, 4) is 5.88 Å². The Morgan fingerprint density at radius 3 is 2.90 bits per heavy atom. The van der Waals surface area contributed by atoms with Crippen molar-refractivity contribution in [2.45, 2.75) is 13.5 Å². The minimum atomic E-state index is -0.0586. The van der Waals surface area contributed by atoms with Crippen LogP contribution < -0.4 is 15.2 Å². The van der Waals surface area contributed by atoms with E-state index in [9.17, 15) is 4.79 Å². The van der Waals surface area contributed by atoms with Gasteiger partial charge in [0.15, 0.2) is 0 Å². The Balaban J connectivity index is 1.63.